The highest BCUT2D eigenvalue weighted by molar-refractivity contribution is 6.36. The number of nitrogens with one attached hydrogen (secondary N) is 1. The second-order valence-electron chi connectivity index (χ2n) is 6.99. The van der Waals surface area contributed by atoms with Crippen LogP contribution in [0.1, 0.15) is 16.7 Å². The van der Waals surface area contributed by atoms with Gasteiger partial charge in [-0.2, -0.15) is 26.3 Å². The van der Waals surface area contributed by atoms with Gasteiger partial charge < -0.3 is 10.1 Å². The molecular formula is C21H12ClF6NO2. The summed E-state index contributed by atoms with van der Waals surface area (Å²) in [7, 11) is 0. The lowest BCUT2D eigenvalue weighted by molar-refractivity contribution is -0.143. The van der Waals surface area contributed by atoms with Crippen molar-refractivity contribution in [3.05, 3.63) is 70.2 Å². The van der Waals surface area contributed by atoms with Crippen LogP contribution in [-0.2, 0) is 23.6 Å². The van der Waals surface area contributed by atoms with Crippen molar-refractivity contribution in [2.45, 2.75) is 24.9 Å². The quantitative estimate of drug-likeness (QED) is 0.446. The van der Waals surface area contributed by atoms with Crippen molar-refractivity contribution in [2.75, 3.05) is 5.32 Å². The summed E-state index contributed by atoms with van der Waals surface area (Å²) < 4.78 is 83.8. The Morgan fingerprint density at radius 2 is 1.52 bits per heavy atom. The second-order valence-corrected chi connectivity index (χ2v) is 7.39. The summed E-state index contributed by atoms with van der Waals surface area (Å²) in [6.07, 6.45) is -11.1. The zero-order valence-electron chi connectivity index (χ0n) is 15.4. The van der Waals surface area contributed by atoms with E-state index in [1.54, 1.807) is 30.3 Å². The van der Waals surface area contributed by atoms with Crippen LogP contribution in [0.25, 0.3) is 10.8 Å². The predicted octanol–water partition coefficient (Wildman–Crippen LogP) is 6.47. The molecule has 1 atom stereocenters. The Morgan fingerprint density at radius 3 is 2.10 bits per heavy atom. The number of carbonyl (C=O) groups is 1. The smallest absolute Gasteiger partial charge is 0.416 e. The van der Waals surface area contributed by atoms with Gasteiger partial charge in [0.25, 0.3) is 5.91 Å². The van der Waals surface area contributed by atoms with E-state index >= 15 is 0 Å². The highest BCUT2D eigenvalue weighted by Gasteiger charge is 2.38. The third-order valence-corrected chi connectivity index (χ3v) is 5.15. The Bertz CT molecular complexity index is 1160. The van der Waals surface area contributed by atoms with E-state index in [1.807, 2.05) is 0 Å². The maximum Gasteiger partial charge on any atom is 0.416 e. The van der Waals surface area contributed by atoms with Crippen molar-refractivity contribution >= 4 is 34.0 Å². The first kappa shape index (κ1) is 21.3. The molecule has 3 aromatic carbocycles. The SMILES string of the molecule is O=C(Nc1cc(C(F)(F)F)cc(C(F)(F)F)c1)C1Cc2cc(Cl)c3ccccc3c2O1. The molecule has 0 saturated heterocycles. The van der Waals surface area contributed by atoms with E-state index in [4.69, 9.17) is 16.3 Å². The fourth-order valence-corrected chi connectivity index (χ4v) is 3.73. The molecule has 0 radical (unpaired) electrons. The van der Waals surface area contributed by atoms with Gasteiger partial charge in [0.2, 0.25) is 0 Å². The third kappa shape index (κ3) is 4.14. The Balaban J connectivity index is 1.62. The second kappa shape index (κ2) is 7.33. The van der Waals surface area contributed by atoms with E-state index in [2.05, 4.69) is 5.32 Å². The third-order valence-electron chi connectivity index (χ3n) is 4.83. The van der Waals surface area contributed by atoms with E-state index in [9.17, 15) is 31.1 Å². The Hall–Kier alpha value is -2.94. The van der Waals surface area contributed by atoms with Crippen molar-refractivity contribution < 1.29 is 35.9 Å². The van der Waals surface area contributed by atoms with Crippen LogP contribution in [-0.4, -0.2) is 12.0 Å². The van der Waals surface area contributed by atoms with Gasteiger partial charge >= 0.3 is 12.4 Å². The molecule has 3 aromatic rings. The lowest BCUT2D eigenvalue weighted by Crippen LogP contribution is -2.31. The molecular weight excluding hydrogens is 448 g/mol. The van der Waals surface area contributed by atoms with Crippen molar-refractivity contribution in [1.29, 1.82) is 0 Å². The van der Waals surface area contributed by atoms with Crippen LogP contribution in [0.4, 0.5) is 32.0 Å². The highest BCUT2D eigenvalue weighted by Crippen LogP contribution is 2.41. The lowest BCUT2D eigenvalue weighted by atomic mass is 10.0. The molecule has 4 rings (SSSR count). The minimum atomic E-state index is -5.02. The molecule has 0 aliphatic carbocycles. The first-order valence-electron chi connectivity index (χ1n) is 8.90. The molecule has 1 amide bonds. The van der Waals surface area contributed by atoms with Gasteiger partial charge in [-0.25, -0.2) is 0 Å². The average molecular weight is 460 g/mol. The van der Waals surface area contributed by atoms with Gasteiger partial charge in [-0.1, -0.05) is 35.9 Å². The summed E-state index contributed by atoms with van der Waals surface area (Å²) >= 11 is 6.25. The van der Waals surface area contributed by atoms with Crippen LogP contribution in [0.5, 0.6) is 5.75 Å². The van der Waals surface area contributed by atoms with Crippen LogP contribution < -0.4 is 10.1 Å². The number of hydrogen-bond acceptors (Lipinski definition) is 2. The molecule has 10 heteroatoms. The molecule has 1 unspecified atom stereocenters. The first-order valence-corrected chi connectivity index (χ1v) is 9.28. The number of anilines is 1. The summed E-state index contributed by atoms with van der Waals surface area (Å²) in [6.45, 7) is 0. The first-order chi connectivity index (χ1) is 14.4. The number of amides is 1. The van der Waals surface area contributed by atoms with Gasteiger partial charge in [0.05, 0.1) is 11.1 Å². The molecule has 162 valence electrons. The van der Waals surface area contributed by atoms with Gasteiger partial charge in [0, 0.05) is 33.5 Å². The number of carbonyl (C=O) groups excluding carboxylic acids is 1. The van der Waals surface area contributed by atoms with E-state index < -0.39 is 41.2 Å². The van der Waals surface area contributed by atoms with Crippen molar-refractivity contribution in [3.8, 4) is 5.75 Å². The van der Waals surface area contributed by atoms with E-state index in [0.29, 0.717) is 39.2 Å². The summed E-state index contributed by atoms with van der Waals surface area (Å²) in [5.41, 5.74) is -3.06. The fourth-order valence-electron chi connectivity index (χ4n) is 3.43. The molecule has 31 heavy (non-hydrogen) atoms. The van der Waals surface area contributed by atoms with Crippen molar-refractivity contribution in [1.82, 2.24) is 0 Å². The minimum absolute atomic E-state index is 0.00822. The number of benzene rings is 3. The van der Waals surface area contributed by atoms with Crippen LogP contribution in [0.15, 0.2) is 48.5 Å². The van der Waals surface area contributed by atoms with Crippen molar-refractivity contribution in [2.24, 2.45) is 0 Å². The highest BCUT2D eigenvalue weighted by atomic mass is 35.5. The van der Waals surface area contributed by atoms with E-state index in [-0.39, 0.29) is 12.5 Å². The molecule has 0 aromatic heterocycles. The predicted molar refractivity (Wildman–Crippen MR) is 102 cm³/mol. The van der Waals surface area contributed by atoms with Crippen LogP contribution in [0, 0.1) is 0 Å². The maximum absolute atomic E-state index is 13.0. The molecule has 0 spiro atoms. The number of fused-ring (bicyclic) bond motifs is 3. The summed E-state index contributed by atoms with van der Waals surface area (Å²) in [5, 5.41) is 3.89. The van der Waals surface area contributed by atoms with E-state index in [1.165, 1.54) is 0 Å². The minimum Gasteiger partial charge on any atom is -0.479 e. The van der Waals surface area contributed by atoms with Crippen LogP contribution in [0.3, 0.4) is 0 Å². The number of halogens is 7. The Labute approximate surface area is 176 Å². The normalized spacial score (nSPS) is 16.2. The van der Waals surface area contributed by atoms with Crippen molar-refractivity contribution in [3.63, 3.8) is 0 Å². The van der Waals surface area contributed by atoms with Gasteiger partial charge in [-0.05, 0) is 24.3 Å². The van der Waals surface area contributed by atoms with Gasteiger partial charge in [-0.3, -0.25) is 4.79 Å². The number of ether oxygens (including phenoxy) is 1. The molecule has 1 N–H and O–H groups in total. The lowest BCUT2D eigenvalue weighted by Gasteiger charge is -2.16. The summed E-state index contributed by atoms with van der Waals surface area (Å²) in [5.74, 6) is -0.468. The molecule has 0 saturated carbocycles. The zero-order chi connectivity index (χ0) is 22.6. The molecule has 1 heterocycles. The fraction of sp³-hybridized carbons (Fsp3) is 0.190. The number of rotatable bonds is 2. The largest absolute Gasteiger partial charge is 0.479 e. The molecule has 3 nitrogen and oxygen atoms in total. The van der Waals surface area contributed by atoms with Crippen LogP contribution >= 0.6 is 11.6 Å². The van der Waals surface area contributed by atoms with Crippen LogP contribution in [0.2, 0.25) is 5.02 Å². The standard InChI is InChI=1S/C21H12ClF6NO2/c22-16-5-10-6-17(31-18(10)15-4-2-1-3-14(15)16)19(30)29-13-8-11(20(23,24)25)7-12(9-13)21(26,27)28/h1-5,7-9,17H,6H2,(H,29,30). The molecule has 1 aliphatic heterocycles. The maximum atomic E-state index is 13.0. The zero-order valence-corrected chi connectivity index (χ0v) is 16.1. The van der Waals surface area contributed by atoms with Gasteiger partial charge in [0.15, 0.2) is 6.10 Å². The monoisotopic (exact) mass is 459 g/mol. The summed E-state index contributed by atoms with van der Waals surface area (Å²) in [4.78, 5) is 12.6. The number of hydrogen-bond donors (Lipinski definition) is 1. The Morgan fingerprint density at radius 1 is 0.935 bits per heavy atom. The average Bonchev–Trinajstić information content (AvgIpc) is 3.11. The van der Waals surface area contributed by atoms with Gasteiger partial charge in [0.1, 0.15) is 5.75 Å². The van der Waals surface area contributed by atoms with E-state index in [0.717, 1.165) is 0 Å². The molecule has 0 fully saturated rings. The molecule has 1 aliphatic rings. The number of alkyl halides is 6. The summed E-state index contributed by atoms with van der Waals surface area (Å²) in [6, 6.07) is 9.52. The van der Waals surface area contributed by atoms with Gasteiger partial charge in [-0.15, -0.1) is 0 Å². The Kier molecular flexibility index (Phi) is 5.04. The molecule has 0 bridgehead atoms. The topological polar surface area (TPSA) is 38.3 Å².